The van der Waals surface area contributed by atoms with Gasteiger partial charge in [-0.3, -0.25) is 0 Å². The van der Waals surface area contributed by atoms with Gasteiger partial charge >= 0.3 is 0 Å². The molecule has 0 amide bonds. The SMILES string of the molecule is Cc1noc(C)c1S(=O)(=O)N1CCN(c2ccnc(Cl)c2)CC1. The van der Waals surface area contributed by atoms with Gasteiger partial charge in [-0.25, -0.2) is 13.4 Å². The monoisotopic (exact) mass is 356 g/mol. The first-order valence-corrected chi connectivity index (χ1v) is 9.01. The third-order valence-corrected chi connectivity index (χ3v) is 6.23. The highest BCUT2D eigenvalue weighted by molar-refractivity contribution is 7.89. The number of aromatic nitrogens is 2. The molecule has 3 heterocycles. The Hall–Kier alpha value is -1.64. The minimum atomic E-state index is -3.58. The summed E-state index contributed by atoms with van der Waals surface area (Å²) in [5.74, 6) is 0.325. The summed E-state index contributed by atoms with van der Waals surface area (Å²) >= 11 is 5.91. The number of rotatable bonds is 3. The number of nitrogens with zero attached hydrogens (tertiary/aromatic N) is 4. The van der Waals surface area contributed by atoms with Gasteiger partial charge in [0.2, 0.25) is 10.0 Å². The standard InChI is InChI=1S/C14H17ClN4O3S/c1-10-14(11(2)22-17-10)23(20,21)19-7-5-18(6-8-19)12-3-4-16-13(15)9-12/h3-4,9H,5-8H2,1-2H3. The largest absolute Gasteiger partial charge is 0.369 e. The number of piperazine rings is 1. The highest BCUT2D eigenvalue weighted by Gasteiger charge is 2.33. The Bertz CT molecular complexity index is 794. The lowest BCUT2D eigenvalue weighted by atomic mass is 10.3. The van der Waals surface area contributed by atoms with Crippen LogP contribution in [0.2, 0.25) is 5.15 Å². The number of sulfonamides is 1. The van der Waals surface area contributed by atoms with Gasteiger partial charge in [0.25, 0.3) is 0 Å². The van der Waals surface area contributed by atoms with E-state index >= 15 is 0 Å². The molecule has 0 unspecified atom stereocenters. The molecule has 3 rings (SSSR count). The summed E-state index contributed by atoms with van der Waals surface area (Å²) < 4.78 is 32.0. The van der Waals surface area contributed by atoms with Crippen LogP contribution in [0.4, 0.5) is 5.69 Å². The van der Waals surface area contributed by atoms with E-state index in [0.29, 0.717) is 42.8 Å². The van der Waals surface area contributed by atoms with Crippen LogP contribution in [-0.2, 0) is 10.0 Å². The lowest BCUT2D eigenvalue weighted by molar-refractivity contribution is 0.378. The fraction of sp³-hybridized carbons (Fsp3) is 0.429. The summed E-state index contributed by atoms with van der Waals surface area (Å²) in [6.07, 6.45) is 1.64. The zero-order valence-electron chi connectivity index (χ0n) is 12.9. The molecule has 0 bridgehead atoms. The normalized spacial score (nSPS) is 16.7. The third-order valence-electron chi connectivity index (χ3n) is 3.88. The van der Waals surface area contributed by atoms with Gasteiger partial charge < -0.3 is 9.42 Å². The third kappa shape index (κ3) is 3.06. The Labute approximate surface area is 139 Å². The predicted molar refractivity (Wildman–Crippen MR) is 86.2 cm³/mol. The number of aryl methyl sites for hydroxylation is 2. The minimum absolute atomic E-state index is 0.179. The fourth-order valence-electron chi connectivity index (χ4n) is 2.75. The predicted octanol–water partition coefficient (Wildman–Crippen LogP) is 1.85. The highest BCUT2D eigenvalue weighted by Crippen LogP contribution is 2.25. The first kappa shape index (κ1) is 16.2. The number of pyridine rings is 1. The molecular weight excluding hydrogens is 340 g/mol. The van der Waals surface area contributed by atoms with Gasteiger partial charge in [0.15, 0.2) is 5.76 Å². The molecule has 9 heteroatoms. The Morgan fingerprint density at radius 3 is 2.48 bits per heavy atom. The molecule has 0 saturated carbocycles. The van der Waals surface area contributed by atoms with Gasteiger partial charge in [-0.05, 0) is 26.0 Å². The number of hydrogen-bond acceptors (Lipinski definition) is 6. The van der Waals surface area contributed by atoms with Crippen LogP contribution in [0.3, 0.4) is 0 Å². The summed E-state index contributed by atoms with van der Waals surface area (Å²) in [6, 6.07) is 3.64. The van der Waals surface area contributed by atoms with Gasteiger partial charge in [0.1, 0.15) is 15.7 Å². The van der Waals surface area contributed by atoms with Crippen LogP contribution in [0.1, 0.15) is 11.5 Å². The second kappa shape index (κ2) is 6.10. The van der Waals surface area contributed by atoms with Gasteiger partial charge in [0.05, 0.1) is 0 Å². The maximum atomic E-state index is 12.8. The molecule has 0 atom stereocenters. The maximum absolute atomic E-state index is 12.8. The molecule has 1 aliphatic rings. The number of halogens is 1. The summed E-state index contributed by atoms with van der Waals surface area (Å²) in [7, 11) is -3.58. The summed E-state index contributed by atoms with van der Waals surface area (Å²) in [4.78, 5) is 6.23. The van der Waals surface area contributed by atoms with Gasteiger partial charge in [-0.2, -0.15) is 4.31 Å². The van der Waals surface area contributed by atoms with Crippen molar-refractivity contribution in [3.05, 3.63) is 34.9 Å². The Kier molecular flexibility index (Phi) is 4.31. The molecule has 124 valence electrons. The molecule has 2 aromatic rings. The van der Waals surface area contributed by atoms with Crippen molar-refractivity contribution in [1.82, 2.24) is 14.4 Å². The fourth-order valence-corrected chi connectivity index (χ4v) is 4.63. The molecular formula is C14H17ClN4O3S. The van der Waals surface area contributed by atoms with Crippen LogP contribution in [0, 0.1) is 13.8 Å². The molecule has 1 saturated heterocycles. The zero-order chi connectivity index (χ0) is 16.6. The highest BCUT2D eigenvalue weighted by atomic mass is 35.5. The number of hydrogen-bond donors (Lipinski definition) is 0. The lowest BCUT2D eigenvalue weighted by Gasteiger charge is -2.35. The first-order valence-electron chi connectivity index (χ1n) is 7.19. The molecule has 1 aliphatic heterocycles. The van der Waals surface area contributed by atoms with Crippen LogP contribution >= 0.6 is 11.6 Å². The van der Waals surface area contributed by atoms with Gasteiger partial charge in [-0.1, -0.05) is 16.8 Å². The molecule has 23 heavy (non-hydrogen) atoms. The van der Waals surface area contributed by atoms with E-state index in [1.54, 1.807) is 26.1 Å². The van der Waals surface area contributed by atoms with Crippen molar-refractivity contribution in [2.75, 3.05) is 31.1 Å². The van der Waals surface area contributed by atoms with Crippen molar-refractivity contribution in [2.24, 2.45) is 0 Å². The van der Waals surface area contributed by atoms with Crippen LogP contribution in [-0.4, -0.2) is 49.0 Å². The Morgan fingerprint density at radius 2 is 1.91 bits per heavy atom. The van der Waals surface area contributed by atoms with Crippen molar-refractivity contribution in [3.8, 4) is 0 Å². The van der Waals surface area contributed by atoms with E-state index in [1.165, 1.54) is 4.31 Å². The number of anilines is 1. The van der Waals surface area contributed by atoms with Crippen molar-refractivity contribution in [3.63, 3.8) is 0 Å². The second-order valence-corrected chi connectivity index (χ2v) is 7.64. The quantitative estimate of drug-likeness (QED) is 0.781. The van der Waals surface area contributed by atoms with E-state index in [1.807, 2.05) is 6.07 Å². The molecule has 0 aliphatic carbocycles. The molecule has 2 aromatic heterocycles. The molecule has 0 spiro atoms. The summed E-state index contributed by atoms with van der Waals surface area (Å²) in [6.45, 7) is 5.21. The smallest absolute Gasteiger partial charge is 0.248 e. The van der Waals surface area contributed by atoms with E-state index in [-0.39, 0.29) is 4.90 Å². The van der Waals surface area contributed by atoms with E-state index in [2.05, 4.69) is 15.0 Å². The Balaban J connectivity index is 1.76. The van der Waals surface area contributed by atoms with Crippen LogP contribution in [0.25, 0.3) is 0 Å². The van der Waals surface area contributed by atoms with E-state index < -0.39 is 10.0 Å². The molecule has 0 N–H and O–H groups in total. The average molecular weight is 357 g/mol. The second-order valence-electron chi connectivity index (χ2n) is 5.38. The van der Waals surface area contributed by atoms with Crippen LogP contribution in [0.5, 0.6) is 0 Å². The average Bonchev–Trinajstić information content (AvgIpc) is 2.87. The molecule has 0 radical (unpaired) electrons. The molecule has 1 fully saturated rings. The minimum Gasteiger partial charge on any atom is -0.369 e. The van der Waals surface area contributed by atoms with Crippen LogP contribution in [0.15, 0.2) is 27.7 Å². The maximum Gasteiger partial charge on any atom is 0.248 e. The van der Waals surface area contributed by atoms with Crippen molar-refractivity contribution in [1.29, 1.82) is 0 Å². The van der Waals surface area contributed by atoms with Crippen molar-refractivity contribution < 1.29 is 12.9 Å². The topological polar surface area (TPSA) is 79.5 Å². The van der Waals surface area contributed by atoms with Gasteiger partial charge in [-0.15, -0.1) is 0 Å². The van der Waals surface area contributed by atoms with Crippen molar-refractivity contribution in [2.45, 2.75) is 18.7 Å². The Morgan fingerprint density at radius 1 is 1.22 bits per heavy atom. The summed E-state index contributed by atoms with van der Waals surface area (Å²) in [5.41, 5.74) is 1.34. The van der Waals surface area contributed by atoms with Crippen LogP contribution < -0.4 is 4.90 Å². The molecule has 7 nitrogen and oxygen atoms in total. The van der Waals surface area contributed by atoms with E-state index in [4.69, 9.17) is 16.1 Å². The summed E-state index contributed by atoms with van der Waals surface area (Å²) in [5, 5.41) is 4.16. The molecule has 0 aromatic carbocycles. The van der Waals surface area contributed by atoms with Crippen molar-refractivity contribution >= 4 is 27.3 Å². The van der Waals surface area contributed by atoms with E-state index in [0.717, 1.165) is 5.69 Å². The zero-order valence-corrected chi connectivity index (χ0v) is 14.4. The van der Waals surface area contributed by atoms with E-state index in [9.17, 15) is 8.42 Å². The first-order chi connectivity index (χ1) is 10.9. The van der Waals surface area contributed by atoms with Gasteiger partial charge in [0, 0.05) is 38.1 Å². The lowest BCUT2D eigenvalue weighted by Crippen LogP contribution is -2.48.